The molecule has 2 aromatic heterocycles. The third kappa shape index (κ3) is 3.25. The maximum atomic E-state index is 11.8. The maximum Gasteiger partial charge on any atom is 0.257 e. The van der Waals surface area contributed by atoms with Gasteiger partial charge in [-0.25, -0.2) is 9.97 Å². The van der Waals surface area contributed by atoms with Gasteiger partial charge in [-0.15, -0.1) is 0 Å². The van der Waals surface area contributed by atoms with Crippen molar-refractivity contribution in [3.8, 4) is 0 Å². The van der Waals surface area contributed by atoms with Gasteiger partial charge in [0.15, 0.2) is 0 Å². The Morgan fingerprint density at radius 3 is 2.59 bits per heavy atom. The standard InChI is InChI=1S/C11H7BrClN3O/c12-9-3-2-8(6-14-9)16-11(17)7-1-4-10(13)15-5-7/h1-6H,(H,16,17). The monoisotopic (exact) mass is 311 g/mol. The van der Waals surface area contributed by atoms with Crippen LogP contribution in [0, 0.1) is 0 Å². The lowest BCUT2D eigenvalue weighted by Crippen LogP contribution is -2.12. The number of amides is 1. The Morgan fingerprint density at radius 2 is 2.00 bits per heavy atom. The van der Waals surface area contributed by atoms with E-state index in [2.05, 4.69) is 31.2 Å². The van der Waals surface area contributed by atoms with Crippen LogP contribution in [0.3, 0.4) is 0 Å². The van der Waals surface area contributed by atoms with Gasteiger partial charge in [-0.05, 0) is 40.2 Å². The summed E-state index contributed by atoms with van der Waals surface area (Å²) in [6.45, 7) is 0. The van der Waals surface area contributed by atoms with Crippen LogP contribution in [0.5, 0.6) is 0 Å². The van der Waals surface area contributed by atoms with E-state index in [9.17, 15) is 4.79 Å². The van der Waals surface area contributed by atoms with E-state index in [0.717, 1.165) is 0 Å². The minimum Gasteiger partial charge on any atom is -0.321 e. The lowest BCUT2D eigenvalue weighted by Gasteiger charge is -2.04. The molecule has 6 heteroatoms. The molecule has 0 fully saturated rings. The van der Waals surface area contributed by atoms with Crippen LogP contribution in [-0.2, 0) is 0 Å². The zero-order chi connectivity index (χ0) is 12.3. The number of aromatic nitrogens is 2. The molecule has 1 N–H and O–H groups in total. The van der Waals surface area contributed by atoms with Gasteiger partial charge in [-0.1, -0.05) is 11.6 Å². The fraction of sp³-hybridized carbons (Fsp3) is 0. The first kappa shape index (κ1) is 12.0. The van der Waals surface area contributed by atoms with Crippen molar-refractivity contribution in [2.24, 2.45) is 0 Å². The summed E-state index contributed by atoms with van der Waals surface area (Å²) < 4.78 is 0.712. The topological polar surface area (TPSA) is 54.9 Å². The summed E-state index contributed by atoms with van der Waals surface area (Å²) in [4.78, 5) is 19.6. The summed E-state index contributed by atoms with van der Waals surface area (Å²) in [5, 5.41) is 3.05. The maximum absolute atomic E-state index is 11.8. The fourth-order valence-electron chi connectivity index (χ4n) is 1.16. The van der Waals surface area contributed by atoms with Gasteiger partial charge < -0.3 is 5.32 Å². The molecule has 4 nitrogen and oxygen atoms in total. The zero-order valence-corrected chi connectivity index (χ0v) is 10.9. The van der Waals surface area contributed by atoms with E-state index in [0.29, 0.717) is 21.0 Å². The first-order valence-electron chi connectivity index (χ1n) is 4.69. The molecule has 86 valence electrons. The Hall–Kier alpha value is -1.46. The molecule has 0 aliphatic carbocycles. The molecule has 0 unspecified atom stereocenters. The number of nitrogens with one attached hydrogen (secondary N) is 1. The van der Waals surface area contributed by atoms with Crippen molar-refractivity contribution in [2.45, 2.75) is 0 Å². The molecule has 17 heavy (non-hydrogen) atoms. The summed E-state index contributed by atoms with van der Waals surface area (Å²) in [6.07, 6.45) is 2.98. The molecular weight excluding hydrogens is 305 g/mol. The molecule has 0 bridgehead atoms. The van der Waals surface area contributed by atoms with Crippen LogP contribution in [0.15, 0.2) is 41.3 Å². The molecule has 0 radical (unpaired) electrons. The van der Waals surface area contributed by atoms with Crippen LogP contribution in [0.1, 0.15) is 10.4 Å². The SMILES string of the molecule is O=C(Nc1ccc(Br)nc1)c1ccc(Cl)nc1. The van der Waals surface area contributed by atoms with Gasteiger partial charge in [0.05, 0.1) is 17.4 Å². The van der Waals surface area contributed by atoms with E-state index in [1.165, 1.54) is 6.20 Å². The van der Waals surface area contributed by atoms with Gasteiger partial charge in [0.1, 0.15) is 9.76 Å². The zero-order valence-electron chi connectivity index (χ0n) is 8.52. The Morgan fingerprint density at radius 1 is 1.18 bits per heavy atom. The average molecular weight is 313 g/mol. The van der Waals surface area contributed by atoms with Gasteiger partial charge in [0.25, 0.3) is 5.91 Å². The second-order valence-electron chi connectivity index (χ2n) is 3.19. The number of rotatable bonds is 2. The van der Waals surface area contributed by atoms with Gasteiger partial charge in [0, 0.05) is 6.20 Å². The molecule has 0 aliphatic rings. The summed E-state index contributed by atoms with van der Waals surface area (Å²) in [6, 6.07) is 6.67. The minimum absolute atomic E-state index is 0.252. The second-order valence-corrected chi connectivity index (χ2v) is 4.39. The Labute approximate surface area is 111 Å². The summed E-state index contributed by atoms with van der Waals surface area (Å²) >= 11 is 8.85. The van der Waals surface area contributed by atoms with Crippen molar-refractivity contribution in [1.29, 1.82) is 0 Å². The number of anilines is 1. The van der Waals surface area contributed by atoms with E-state index in [1.807, 2.05) is 0 Å². The first-order chi connectivity index (χ1) is 8.15. The van der Waals surface area contributed by atoms with E-state index in [-0.39, 0.29) is 5.91 Å². The largest absolute Gasteiger partial charge is 0.321 e. The molecule has 2 heterocycles. The molecule has 0 saturated heterocycles. The Kier molecular flexibility index (Phi) is 3.71. The minimum atomic E-state index is -0.252. The highest BCUT2D eigenvalue weighted by Crippen LogP contribution is 2.12. The number of nitrogens with zero attached hydrogens (tertiary/aromatic N) is 2. The molecule has 2 rings (SSSR count). The van der Waals surface area contributed by atoms with E-state index in [1.54, 1.807) is 30.5 Å². The van der Waals surface area contributed by atoms with Gasteiger partial charge >= 0.3 is 0 Å². The molecule has 0 aliphatic heterocycles. The normalized spacial score (nSPS) is 10.0. The molecule has 0 atom stereocenters. The predicted molar refractivity (Wildman–Crippen MR) is 69.1 cm³/mol. The summed E-state index contributed by atoms with van der Waals surface area (Å²) in [5.41, 5.74) is 1.06. The van der Waals surface area contributed by atoms with E-state index in [4.69, 9.17) is 11.6 Å². The number of carbonyl (C=O) groups is 1. The Balaban J connectivity index is 2.11. The van der Waals surface area contributed by atoms with Gasteiger partial charge in [-0.3, -0.25) is 4.79 Å². The summed E-state index contributed by atoms with van der Waals surface area (Å²) in [7, 11) is 0. The van der Waals surface area contributed by atoms with Crippen LogP contribution in [0.4, 0.5) is 5.69 Å². The lowest BCUT2D eigenvalue weighted by atomic mass is 10.2. The fourth-order valence-corrected chi connectivity index (χ4v) is 1.51. The Bertz CT molecular complexity index is 527. The van der Waals surface area contributed by atoms with Crippen molar-refractivity contribution in [3.63, 3.8) is 0 Å². The third-order valence-corrected chi connectivity index (χ3v) is 2.67. The quantitative estimate of drug-likeness (QED) is 0.867. The average Bonchev–Trinajstić information content (AvgIpc) is 2.33. The van der Waals surface area contributed by atoms with Crippen molar-refractivity contribution in [3.05, 3.63) is 52.0 Å². The highest BCUT2D eigenvalue weighted by Gasteiger charge is 2.06. The van der Waals surface area contributed by atoms with E-state index < -0.39 is 0 Å². The number of halogens is 2. The molecule has 0 aromatic carbocycles. The van der Waals surface area contributed by atoms with Crippen molar-refractivity contribution >= 4 is 39.1 Å². The first-order valence-corrected chi connectivity index (χ1v) is 5.87. The van der Waals surface area contributed by atoms with Crippen molar-refractivity contribution < 1.29 is 4.79 Å². The molecule has 1 amide bonds. The van der Waals surface area contributed by atoms with Gasteiger partial charge in [0.2, 0.25) is 0 Å². The smallest absolute Gasteiger partial charge is 0.257 e. The number of hydrogen-bond donors (Lipinski definition) is 1. The number of hydrogen-bond acceptors (Lipinski definition) is 3. The number of carbonyl (C=O) groups excluding carboxylic acids is 1. The molecule has 0 saturated carbocycles. The van der Waals surface area contributed by atoms with Crippen LogP contribution in [0.25, 0.3) is 0 Å². The molecule has 2 aromatic rings. The van der Waals surface area contributed by atoms with Crippen LogP contribution in [0.2, 0.25) is 5.15 Å². The second kappa shape index (κ2) is 5.25. The van der Waals surface area contributed by atoms with Crippen LogP contribution >= 0.6 is 27.5 Å². The van der Waals surface area contributed by atoms with Gasteiger partial charge in [-0.2, -0.15) is 0 Å². The van der Waals surface area contributed by atoms with Crippen LogP contribution in [-0.4, -0.2) is 15.9 Å². The molecular formula is C11H7BrClN3O. The van der Waals surface area contributed by atoms with Crippen molar-refractivity contribution in [2.75, 3.05) is 5.32 Å². The van der Waals surface area contributed by atoms with E-state index >= 15 is 0 Å². The lowest BCUT2D eigenvalue weighted by molar-refractivity contribution is 0.102. The molecule has 0 spiro atoms. The number of pyridine rings is 2. The predicted octanol–water partition coefficient (Wildman–Crippen LogP) is 3.14. The van der Waals surface area contributed by atoms with Crippen molar-refractivity contribution in [1.82, 2.24) is 9.97 Å². The highest BCUT2D eigenvalue weighted by molar-refractivity contribution is 9.10. The highest BCUT2D eigenvalue weighted by atomic mass is 79.9. The third-order valence-electron chi connectivity index (χ3n) is 1.97. The summed E-state index contributed by atoms with van der Waals surface area (Å²) in [5.74, 6) is -0.252. The van der Waals surface area contributed by atoms with Crippen LogP contribution < -0.4 is 5.32 Å².